The molecule has 2 rings (SSSR count). The molecule has 0 aromatic heterocycles. The zero-order valence-electron chi connectivity index (χ0n) is 14.4. The molecule has 0 amide bonds. The number of carboxylic acid groups (broad SMARTS) is 2. The molecule has 0 atom stereocenters. The molecule has 0 saturated heterocycles. The van der Waals surface area contributed by atoms with Crippen LogP contribution >= 0.6 is 0 Å². The predicted octanol–water partition coefficient (Wildman–Crippen LogP) is 1.84. The third-order valence-electron chi connectivity index (χ3n) is 3.08. The van der Waals surface area contributed by atoms with Gasteiger partial charge in [0.15, 0.2) is 34.8 Å². The quantitative estimate of drug-likeness (QED) is 0.321. The molecule has 0 N–H and O–H groups in total. The van der Waals surface area contributed by atoms with Crippen molar-refractivity contribution in [2.45, 2.75) is 14.9 Å². The van der Waals surface area contributed by atoms with Crippen molar-refractivity contribution >= 4 is 35.8 Å². The van der Waals surface area contributed by atoms with Crippen LogP contribution in [-0.2, 0) is 0 Å². The fraction of sp³-hybridized carbons (Fsp3) is 0.222. The van der Waals surface area contributed by atoms with Crippen LogP contribution in [0.5, 0.6) is 11.5 Å². The molecule has 13 heteroatoms. The number of carbonyl (C=O) groups is 2. The molecule has 31 heavy (non-hydrogen) atoms. The van der Waals surface area contributed by atoms with E-state index >= 15 is 0 Å². The summed E-state index contributed by atoms with van der Waals surface area (Å²) in [6, 6.07) is 0.394. The molecule has 0 saturated carbocycles. The minimum absolute atomic E-state index is 0. The van der Waals surface area contributed by atoms with Gasteiger partial charge in [0, 0.05) is 11.1 Å². The number of benzene rings is 2. The Kier molecular flexibility index (Phi) is 14.5. The zero-order valence-corrected chi connectivity index (χ0v) is 17.2. The molecule has 2 radical (unpaired) electrons. The first-order chi connectivity index (χ1) is 13.0. The molecule has 0 bridgehead atoms. The van der Waals surface area contributed by atoms with Gasteiger partial charge in [-0.05, 0) is 12.1 Å². The van der Waals surface area contributed by atoms with Crippen molar-refractivity contribution < 1.29 is 55.6 Å². The number of aromatic carboxylic acids is 2. The van der Waals surface area contributed by atoms with E-state index in [0.29, 0.717) is 0 Å². The summed E-state index contributed by atoms with van der Waals surface area (Å²) in [6.07, 6.45) is 0. The largest absolute Gasteiger partial charge is 2.00 e. The van der Waals surface area contributed by atoms with Crippen LogP contribution in [0.1, 0.15) is 35.6 Å². The summed E-state index contributed by atoms with van der Waals surface area (Å²) >= 11 is 0. The SMILES string of the molecule is C.C.COc1c(F)c(F)cc(C(=O)[O-])c1F.COc1c(F)c(F)cc(C(=O)[O-])c1F.[Sn+2]. The second-order valence-corrected chi connectivity index (χ2v) is 4.71. The molecule has 6 nitrogen and oxygen atoms in total. The molecular weight excluding hydrogens is 545 g/mol. The van der Waals surface area contributed by atoms with Crippen molar-refractivity contribution in [2.75, 3.05) is 14.2 Å². The normalized spacial score (nSPS) is 9.03. The van der Waals surface area contributed by atoms with E-state index in [2.05, 4.69) is 9.47 Å². The first kappa shape index (κ1) is 33.0. The van der Waals surface area contributed by atoms with E-state index in [1.807, 2.05) is 0 Å². The number of carbonyl (C=O) groups excluding carboxylic acids is 2. The van der Waals surface area contributed by atoms with Crippen molar-refractivity contribution in [3.63, 3.8) is 0 Å². The molecule has 0 heterocycles. The number of rotatable bonds is 4. The van der Waals surface area contributed by atoms with Crippen molar-refractivity contribution in [3.8, 4) is 11.5 Å². The molecule has 170 valence electrons. The number of ether oxygens (including phenoxy) is 2. The Hall–Kier alpha value is -2.64. The van der Waals surface area contributed by atoms with E-state index in [4.69, 9.17) is 0 Å². The third kappa shape index (κ3) is 7.22. The molecule has 0 aliphatic carbocycles. The molecule has 2 aromatic carbocycles. The van der Waals surface area contributed by atoms with Crippen molar-refractivity contribution in [2.24, 2.45) is 0 Å². The Balaban J connectivity index is -0.000000461. The van der Waals surface area contributed by atoms with E-state index in [-0.39, 0.29) is 50.9 Å². The van der Waals surface area contributed by atoms with Crippen LogP contribution in [0.3, 0.4) is 0 Å². The summed E-state index contributed by atoms with van der Waals surface area (Å²) in [4.78, 5) is 20.5. The van der Waals surface area contributed by atoms with Crippen LogP contribution in [0.2, 0.25) is 0 Å². The van der Waals surface area contributed by atoms with E-state index in [1.165, 1.54) is 0 Å². The predicted molar refractivity (Wildman–Crippen MR) is 93.6 cm³/mol. The first-order valence-corrected chi connectivity index (χ1v) is 6.83. The summed E-state index contributed by atoms with van der Waals surface area (Å²) in [7, 11) is 1.78. The average Bonchev–Trinajstić information content (AvgIpc) is 2.62. The van der Waals surface area contributed by atoms with E-state index < -0.39 is 69.5 Å². The summed E-state index contributed by atoms with van der Waals surface area (Å²) in [6.45, 7) is 0. The van der Waals surface area contributed by atoms with Gasteiger partial charge in [-0.2, -0.15) is 8.78 Å². The fourth-order valence-corrected chi connectivity index (χ4v) is 1.82. The smallest absolute Gasteiger partial charge is 0.545 e. The van der Waals surface area contributed by atoms with Crippen LogP contribution in [0.4, 0.5) is 26.3 Å². The summed E-state index contributed by atoms with van der Waals surface area (Å²) in [5.74, 6) is -15.2. The number of methoxy groups -OCH3 is 2. The number of hydrogen-bond donors (Lipinski definition) is 0. The minimum Gasteiger partial charge on any atom is -0.545 e. The van der Waals surface area contributed by atoms with Crippen LogP contribution in [0.25, 0.3) is 0 Å². The number of hydrogen-bond acceptors (Lipinski definition) is 6. The first-order valence-electron chi connectivity index (χ1n) is 6.83. The Bertz CT molecular complexity index is 863. The summed E-state index contributed by atoms with van der Waals surface area (Å²) in [5, 5.41) is 20.5. The maximum absolute atomic E-state index is 13.0. The maximum Gasteiger partial charge on any atom is 2.00 e. The second-order valence-electron chi connectivity index (χ2n) is 4.71. The summed E-state index contributed by atoms with van der Waals surface area (Å²) in [5.41, 5.74) is -2.17. The van der Waals surface area contributed by atoms with Gasteiger partial charge in [0.25, 0.3) is 0 Å². The maximum atomic E-state index is 13.0. The molecule has 0 spiro atoms. The van der Waals surface area contributed by atoms with Crippen LogP contribution in [0.15, 0.2) is 12.1 Å². The Morgan fingerprint density at radius 3 is 1.13 bits per heavy atom. The number of halogens is 6. The van der Waals surface area contributed by atoms with Crippen LogP contribution in [-0.4, -0.2) is 50.1 Å². The molecule has 0 aliphatic rings. The van der Waals surface area contributed by atoms with Gasteiger partial charge < -0.3 is 29.3 Å². The topological polar surface area (TPSA) is 98.7 Å². The van der Waals surface area contributed by atoms with Gasteiger partial charge in [0.1, 0.15) is 0 Å². The molecule has 0 unspecified atom stereocenters. The molecule has 0 fully saturated rings. The van der Waals surface area contributed by atoms with Gasteiger partial charge in [0.2, 0.25) is 11.6 Å². The fourth-order valence-electron chi connectivity index (χ4n) is 1.82. The molecule has 0 aliphatic heterocycles. The zero-order chi connectivity index (χ0) is 21.8. The van der Waals surface area contributed by atoms with Crippen molar-refractivity contribution in [1.82, 2.24) is 0 Å². The van der Waals surface area contributed by atoms with Gasteiger partial charge in [-0.15, -0.1) is 0 Å². The summed E-state index contributed by atoms with van der Waals surface area (Å²) < 4.78 is 85.2. The average molecular weight is 561 g/mol. The third-order valence-corrected chi connectivity index (χ3v) is 3.08. The Morgan fingerprint density at radius 2 is 0.935 bits per heavy atom. The Morgan fingerprint density at radius 1 is 0.677 bits per heavy atom. The Labute approximate surface area is 190 Å². The van der Waals surface area contributed by atoms with E-state index in [9.17, 15) is 46.1 Å². The second kappa shape index (κ2) is 13.6. The van der Waals surface area contributed by atoms with Gasteiger partial charge in [-0.1, -0.05) is 14.9 Å². The van der Waals surface area contributed by atoms with Crippen LogP contribution < -0.4 is 19.7 Å². The molecular formula is C18H16F6O6Sn. The van der Waals surface area contributed by atoms with Gasteiger partial charge in [-0.25, -0.2) is 17.6 Å². The van der Waals surface area contributed by atoms with Gasteiger partial charge in [-0.3, -0.25) is 0 Å². The van der Waals surface area contributed by atoms with Gasteiger partial charge in [0.05, 0.1) is 26.2 Å². The van der Waals surface area contributed by atoms with Gasteiger partial charge >= 0.3 is 23.9 Å². The minimum atomic E-state index is -1.94. The standard InChI is InChI=1S/2C8H5F3O3.2CH4.Sn/c2*1-14-7-5(10)3(8(12)13)2-4(9)6(7)11;;;/h2*2H,1H3,(H,12,13);2*1H4;/q;;;;+2/p-2. The molecule has 2 aromatic rings. The van der Waals surface area contributed by atoms with Crippen LogP contribution in [0, 0.1) is 34.9 Å². The van der Waals surface area contributed by atoms with Crippen molar-refractivity contribution in [3.05, 3.63) is 58.2 Å². The number of carboxylic acids is 2. The van der Waals surface area contributed by atoms with E-state index in [1.54, 1.807) is 0 Å². The monoisotopic (exact) mass is 562 g/mol. The van der Waals surface area contributed by atoms with E-state index in [0.717, 1.165) is 14.2 Å². The van der Waals surface area contributed by atoms with Crippen molar-refractivity contribution in [1.29, 1.82) is 0 Å².